The standard InChI is InChI=1S/C20H20FN5O2.C2H6/c1-11-14(8-24-10-16(11)22)13-6-12-7-17(26-18(28)4-2-3-5-27)25-9-15(12)20(23)19(13)21;1-2/h5-10H,2-4,22-23H2,1H3,(H,25,26,28);1-2H3. The molecule has 2 heterocycles. The first-order valence-corrected chi connectivity index (χ1v) is 9.74. The van der Waals surface area contributed by atoms with Crippen LogP contribution >= 0.6 is 0 Å². The Bertz CT molecular complexity index is 1070. The largest absolute Gasteiger partial charge is 0.397 e. The smallest absolute Gasteiger partial charge is 0.225 e. The van der Waals surface area contributed by atoms with Gasteiger partial charge in [0, 0.05) is 41.7 Å². The first-order valence-electron chi connectivity index (χ1n) is 9.74. The lowest BCUT2D eigenvalue weighted by Crippen LogP contribution is -2.12. The number of amides is 1. The van der Waals surface area contributed by atoms with Gasteiger partial charge in [-0.2, -0.15) is 0 Å². The number of rotatable bonds is 6. The van der Waals surface area contributed by atoms with Gasteiger partial charge in [-0.3, -0.25) is 9.78 Å². The van der Waals surface area contributed by atoms with Crippen LogP contribution in [-0.2, 0) is 9.59 Å². The summed E-state index contributed by atoms with van der Waals surface area (Å²) < 4.78 is 14.9. The van der Waals surface area contributed by atoms with E-state index in [4.69, 9.17) is 11.5 Å². The van der Waals surface area contributed by atoms with Gasteiger partial charge >= 0.3 is 0 Å². The van der Waals surface area contributed by atoms with Crippen LogP contribution in [0.5, 0.6) is 0 Å². The number of fused-ring (bicyclic) bond motifs is 1. The number of carbonyl (C=O) groups is 2. The molecule has 0 atom stereocenters. The Morgan fingerprint density at radius 3 is 2.60 bits per heavy atom. The zero-order valence-electron chi connectivity index (χ0n) is 17.3. The van der Waals surface area contributed by atoms with Crippen molar-refractivity contribution in [3.05, 3.63) is 42.1 Å². The van der Waals surface area contributed by atoms with E-state index in [-0.39, 0.29) is 23.6 Å². The van der Waals surface area contributed by atoms with Gasteiger partial charge in [0.25, 0.3) is 0 Å². The van der Waals surface area contributed by atoms with Gasteiger partial charge in [0.05, 0.1) is 17.6 Å². The van der Waals surface area contributed by atoms with Crippen LogP contribution in [0, 0.1) is 12.7 Å². The summed E-state index contributed by atoms with van der Waals surface area (Å²) in [6.45, 7) is 5.78. The maximum atomic E-state index is 14.9. The summed E-state index contributed by atoms with van der Waals surface area (Å²) >= 11 is 0. The zero-order valence-corrected chi connectivity index (χ0v) is 17.3. The van der Waals surface area contributed by atoms with E-state index in [9.17, 15) is 14.0 Å². The lowest BCUT2D eigenvalue weighted by Gasteiger charge is -2.13. The van der Waals surface area contributed by atoms with Gasteiger partial charge in [0.1, 0.15) is 12.1 Å². The molecule has 0 aliphatic rings. The van der Waals surface area contributed by atoms with E-state index in [0.29, 0.717) is 46.2 Å². The van der Waals surface area contributed by atoms with Gasteiger partial charge < -0.3 is 21.6 Å². The summed E-state index contributed by atoms with van der Waals surface area (Å²) in [5, 5.41) is 3.73. The molecule has 0 saturated heterocycles. The zero-order chi connectivity index (χ0) is 22.3. The Labute approximate surface area is 174 Å². The van der Waals surface area contributed by atoms with Crippen LogP contribution in [0.1, 0.15) is 38.7 Å². The van der Waals surface area contributed by atoms with Crippen molar-refractivity contribution in [3.63, 3.8) is 0 Å². The number of halogens is 1. The minimum Gasteiger partial charge on any atom is -0.397 e. The van der Waals surface area contributed by atoms with Crippen molar-refractivity contribution in [1.29, 1.82) is 0 Å². The SMILES string of the molecule is CC.Cc1c(N)cncc1-c1cc2cc(NC(=O)CCCC=O)ncc2c(N)c1F. The third-order valence-corrected chi connectivity index (χ3v) is 4.54. The number of nitrogens with zero attached hydrogens (tertiary/aromatic N) is 2. The Hall–Kier alpha value is -3.55. The fourth-order valence-electron chi connectivity index (χ4n) is 2.93. The molecule has 158 valence electrons. The van der Waals surface area contributed by atoms with Crippen molar-refractivity contribution in [2.45, 2.75) is 40.0 Å². The average Bonchev–Trinajstić information content (AvgIpc) is 2.74. The third kappa shape index (κ3) is 4.89. The number of hydrogen-bond acceptors (Lipinski definition) is 6. The molecule has 2 aromatic heterocycles. The quantitative estimate of drug-likeness (QED) is 0.317. The van der Waals surface area contributed by atoms with E-state index >= 15 is 0 Å². The number of carbonyl (C=O) groups excluding carboxylic acids is 2. The van der Waals surface area contributed by atoms with Crippen LogP contribution < -0.4 is 16.8 Å². The first kappa shape index (κ1) is 22.7. The van der Waals surface area contributed by atoms with E-state index < -0.39 is 5.82 Å². The van der Waals surface area contributed by atoms with Crippen LogP contribution in [0.15, 0.2) is 30.7 Å². The van der Waals surface area contributed by atoms with Gasteiger partial charge in [-0.15, -0.1) is 0 Å². The number of hydrogen-bond donors (Lipinski definition) is 3. The molecule has 0 bridgehead atoms. The monoisotopic (exact) mass is 411 g/mol. The van der Waals surface area contributed by atoms with Gasteiger partial charge in [0.15, 0.2) is 5.82 Å². The number of nitrogens with one attached hydrogen (secondary N) is 1. The van der Waals surface area contributed by atoms with Crippen molar-refractivity contribution in [3.8, 4) is 11.1 Å². The molecule has 0 fully saturated rings. The highest BCUT2D eigenvalue weighted by atomic mass is 19.1. The van der Waals surface area contributed by atoms with E-state index in [1.54, 1.807) is 19.1 Å². The van der Waals surface area contributed by atoms with E-state index in [1.165, 1.54) is 18.6 Å². The van der Waals surface area contributed by atoms with E-state index in [2.05, 4.69) is 15.3 Å². The van der Waals surface area contributed by atoms with Crippen LogP contribution in [0.2, 0.25) is 0 Å². The number of benzene rings is 1. The van der Waals surface area contributed by atoms with Crippen LogP contribution in [0.3, 0.4) is 0 Å². The van der Waals surface area contributed by atoms with Crippen molar-refractivity contribution in [2.75, 3.05) is 16.8 Å². The molecule has 0 saturated carbocycles. The Kier molecular flexibility index (Phi) is 7.80. The highest BCUT2D eigenvalue weighted by molar-refractivity contribution is 6.00. The van der Waals surface area contributed by atoms with Crippen molar-refractivity contribution >= 4 is 40.2 Å². The fourth-order valence-corrected chi connectivity index (χ4v) is 2.93. The van der Waals surface area contributed by atoms with Crippen molar-refractivity contribution in [2.24, 2.45) is 0 Å². The molecular formula is C22H26FN5O2. The lowest BCUT2D eigenvalue weighted by atomic mass is 9.97. The van der Waals surface area contributed by atoms with Gasteiger partial charge in [-0.1, -0.05) is 13.8 Å². The Balaban J connectivity index is 0.00000155. The predicted molar refractivity (Wildman–Crippen MR) is 118 cm³/mol. The number of aldehydes is 1. The Morgan fingerprint density at radius 2 is 1.90 bits per heavy atom. The predicted octanol–water partition coefficient (Wildman–Crippen LogP) is 4.24. The second kappa shape index (κ2) is 10.3. The minimum absolute atomic E-state index is 0.0364. The van der Waals surface area contributed by atoms with Crippen LogP contribution in [-0.4, -0.2) is 22.2 Å². The molecular weight excluding hydrogens is 385 g/mol. The molecule has 0 spiro atoms. The summed E-state index contributed by atoms with van der Waals surface area (Å²) in [4.78, 5) is 30.5. The number of nitrogen functional groups attached to an aromatic ring is 2. The average molecular weight is 411 g/mol. The third-order valence-electron chi connectivity index (χ3n) is 4.54. The maximum absolute atomic E-state index is 14.9. The summed E-state index contributed by atoms with van der Waals surface area (Å²) in [5.41, 5.74) is 13.8. The molecule has 0 aliphatic carbocycles. The summed E-state index contributed by atoms with van der Waals surface area (Å²) in [5.74, 6) is -0.502. The first-order chi connectivity index (χ1) is 14.4. The fraction of sp³-hybridized carbons (Fsp3) is 0.273. The van der Waals surface area contributed by atoms with Gasteiger partial charge in [-0.25, -0.2) is 9.37 Å². The normalized spacial score (nSPS) is 10.3. The number of aromatic nitrogens is 2. The second-order valence-corrected chi connectivity index (χ2v) is 6.45. The topological polar surface area (TPSA) is 124 Å². The minimum atomic E-state index is -0.574. The highest BCUT2D eigenvalue weighted by Crippen LogP contribution is 2.35. The number of unbranched alkanes of at least 4 members (excludes halogenated alkanes) is 1. The molecule has 7 nitrogen and oxygen atoms in total. The summed E-state index contributed by atoms with van der Waals surface area (Å²) in [7, 11) is 0. The molecule has 8 heteroatoms. The maximum Gasteiger partial charge on any atom is 0.225 e. The summed E-state index contributed by atoms with van der Waals surface area (Å²) in [6, 6.07) is 3.26. The van der Waals surface area contributed by atoms with E-state index in [0.717, 1.165) is 6.29 Å². The molecule has 0 aliphatic heterocycles. The Morgan fingerprint density at radius 1 is 1.17 bits per heavy atom. The summed E-state index contributed by atoms with van der Waals surface area (Å²) in [6.07, 6.45) is 6.23. The van der Waals surface area contributed by atoms with Gasteiger partial charge in [0.2, 0.25) is 5.91 Å². The van der Waals surface area contributed by atoms with Crippen molar-refractivity contribution < 1.29 is 14.0 Å². The lowest BCUT2D eigenvalue weighted by molar-refractivity contribution is -0.116. The molecule has 3 rings (SSSR count). The van der Waals surface area contributed by atoms with E-state index in [1.807, 2.05) is 13.8 Å². The van der Waals surface area contributed by atoms with Crippen LogP contribution in [0.4, 0.5) is 21.6 Å². The molecule has 0 radical (unpaired) electrons. The number of anilines is 3. The number of nitrogens with two attached hydrogens (primary N) is 2. The molecule has 1 amide bonds. The molecule has 1 aromatic carbocycles. The molecule has 0 unspecified atom stereocenters. The number of pyridine rings is 2. The van der Waals surface area contributed by atoms with Crippen molar-refractivity contribution in [1.82, 2.24) is 9.97 Å². The molecule has 5 N–H and O–H groups in total. The highest BCUT2D eigenvalue weighted by Gasteiger charge is 2.16. The molecule has 30 heavy (non-hydrogen) atoms. The molecule has 3 aromatic rings. The second-order valence-electron chi connectivity index (χ2n) is 6.45. The van der Waals surface area contributed by atoms with Gasteiger partial charge in [-0.05, 0) is 36.4 Å². The van der Waals surface area contributed by atoms with Crippen LogP contribution in [0.25, 0.3) is 21.9 Å².